The molecule has 0 amide bonds. The van der Waals surface area contributed by atoms with E-state index in [0.29, 0.717) is 12.2 Å². The van der Waals surface area contributed by atoms with E-state index in [0.717, 1.165) is 53.9 Å². The van der Waals surface area contributed by atoms with Crippen LogP contribution < -0.4 is 9.47 Å². The van der Waals surface area contributed by atoms with Gasteiger partial charge in [0.15, 0.2) is 0 Å². The summed E-state index contributed by atoms with van der Waals surface area (Å²) in [7, 11) is 1.69. The topological polar surface area (TPSA) is 35.5 Å². The summed E-state index contributed by atoms with van der Waals surface area (Å²) in [5.74, 6) is 1.74. The van der Waals surface area contributed by atoms with Gasteiger partial charge in [0.1, 0.15) is 17.8 Å². The molecule has 0 saturated carbocycles. The first-order chi connectivity index (χ1) is 13.3. The van der Waals surface area contributed by atoms with E-state index in [1.807, 2.05) is 41.8 Å². The summed E-state index contributed by atoms with van der Waals surface area (Å²) in [6.07, 6.45) is 5.21. The Bertz CT molecular complexity index is 839. The van der Waals surface area contributed by atoms with Crippen LogP contribution in [0, 0.1) is 0 Å². The van der Waals surface area contributed by atoms with E-state index < -0.39 is 0 Å². The Labute approximate surface area is 164 Å². The van der Waals surface area contributed by atoms with Crippen LogP contribution >= 0.6 is 11.3 Å². The van der Waals surface area contributed by atoms with Gasteiger partial charge in [0.25, 0.3) is 0 Å². The predicted octanol–water partition coefficient (Wildman–Crippen LogP) is 6.03. The standard InChI is InChI=1S/C23H24O3S/c1-25-20-11-8-18(9-12-20)6-3-2-4-14-26-22-13-10-19(17-24)16-21(22)23-7-5-15-27-23/h5,7-13,15-17H,2-4,6,14H2,1H3. The number of aldehydes is 1. The fourth-order valence-electron chi connectivity index (χ4n) is 2.95. The van der Waals surface area contributed by atoms with Gasteiger partial charge >= 0.3 is 0 Å². The molecule has 1 heterocycles. The molecule has 0 aliphatic heterocycles. The van der Waals surface area contributed by atoms with Gasteiger partial charge in [-0.2, -0.15) is 0 Å². The molecule has 3 rings (SSSR count). The number of carbonyl (C=O) groups excluding carboxylic acids is 1. The number of hydrogen-bond donors (Lipinski definition) is 0. The van der Waals surface area contributed by atoms with Gasteiger partial charge in [0.2, 0.25) is 0 Å². The number of rotatable bonds is 10. The molecule has 140 valence electrons. The minimum atomic E-state index is 0.672. The number of carbonyl (C=O) groups is 1. The van der Waals surface area contributed by atoms with Gasteiger partial charge in [-0.1, -0.05) is 18.2 Å². The van der Waals surface area contributed by atoms with Gasteiger partial charge in [-0.05, 0) is 73.0 Å². The number of unbranched alkanes of at least 4 members (excludes halogenated alkanes) is 2. The number of benzene rings is 2. The maximum atomic E-state index is 11.1. The second kappa shape index (κ2) is 9.93. The van der Waals surface area contributed by atoms with Gasteiger partial charge in [0, 0.05) is 16.0 Å². The van der Waals surface area contributed by atoms with Crippen LogP contribution in [-0.4, -0.2) is 20.0 Å². The zero-order valence-electron chi connectivity index (χ0n) is 15.5. The summed E-state index contributed by atoms with van der Waals surface area (Å²) in [6.45, 7) is 0.682. The number of methoxy groups -OCH3 is 1. The summed E-state index contributed by atoms with van der Waals surface area (Å²) in [5.41, 5.74) is 3.00. The molecule has 0 aliphatic rings. The maximum Gasteiger partial charge on any atom is 0.150 e. The minimum Gasteiger partial charge on any atom is -0.497 e. The summed E-state index contributed by atoms with van der Waals surface area (Å²) < 4.78 is 11.2. The van der Waals surface area contributed by atoms with Crippen LogP contribution in [0.3, 0.4) is 0 Å². The molecule has 0 N–H and O–H groups in total. The molecule has 0 radical (unpaired) electrons. The van der Waals surface area contributed by atoms with Crippen LogP contribution in [-0.2, 0) is 6.42 Å². The molecule has 0 fully saturated rings. The van der Waals surface area contributed by atoms with Gasteiger partial charge in [-0.15, -0.1) is 11.3 Å². The van der Waals surface area contributed by atoms with E-state index in [1.54, 1.807) is 18.4 Å². The van der Waals surface area contributed by atoms with Crippen molar-refractivity contribution in [2.75, 3.05) is 13.7 Å². The summed E-state index contributed by atoms with van der Waals surface area (Å²) in [6, 6.07) is 17.9. The summed E-state index contributed by atoms with van der Waals surface area (Å²) in [5, 5.41) is 2.03. The van der Waals surface area contributed by atoms with Crippen LogP contribution in [0.15, 0.2) is 60.0 Å². The Balaban J connectivity index is 1.47. The Kier molecular flexibility index (Phi) is 7.05. The molecule has 0 unspecified atom stereocenters. The second-order valence-corrected chi connectivity index (χ2v) is 7.31. The zero-order chi connectivity index (χ0) is 18.9. The molecule has 4 heteroatoms. The third-order valence-corrected chi connectivity index (χ3v) is 5.36. The van der Waals surface area contributed by atoms with Crippen molar-refractivity contribution in [1.29, 1.82) is 0 Å². The van der Waals surface area contributed by atoms with Gasteiger partial charge in [-0.3, -0.25) is 4.79 Å². The molecular weight excluding hydrogens is 356 g/mol. The lowest BCUT2D eigenvalue weighted by Crippen LogP contribution is -1.99. The van der Waals surface area contributed by atoms with E-state index in [-0.39, 0.29) is 0 Å². The maximum absolute atomic E-state index is 11.1. The highest BCUT2D eigenvalue weighted by Gasteiger charge is 2.09. The average Bonchev–Trinajstić information content (AvgIpc) is 3.25. The molecule has 0 aliphatic carbocycles. The first-order valence-electron chi connectivity index (χ1n) is 9.19. The highest BCUT2D eigenvalue weighted by Crippen LogP contribution is 2.34. The van der Waals surface area contributed by atoms with Crippen LogP contribution in [0.4, 0.5) is 0 Å². The second-order valence-electron chi connectivity index (χ2n) is 6.36. The molecule has 0 saturated heterocycles. The molecule has 27 heavy (non-hydrogen) atoms. The highest BCUT2D eigenvalue weighted by atomic mass is 32.1. The quantitative estimate of drug-likeness (QED) is 0.318. The van der Waals surface area contributed by atoms with Gasteiger partial charge in [0.05, 0.1) is 13.7 Å². The van der Waals surface area contributed by atoms with Crippen molar-refractivity contribution < 1.29 is 14.3 Å². The Morgan fingerprint density at radius 3 is 2.56 bits per heavy atom. The van der Waals surface area contributed by atoms with Crippen LogP contribution in [0.1, 0.15) is 35.2 Å². The molecule has 0 bridgehead atoms. The van der Waals surface area contributed by atoms with E-state index in [9.17, 15) is 4.79 Å². The minimum absolute atomic E-state index is 0.672. The van der Waals surface area contributed by atoms with E-state index in [4.69, 9.17) is 9.47 Å². The molecule has 1 aromatic heterocycles. The average molecular weight is 381 g/mol. The first-order valence-corrected chi connectivity index (χ1v) is 10.1. The number of thiophene rings is 1. The SMILES string of the molecule is COc1ccc(CCCCCOc2ccc(C=O)cc2-c2cccs2)cc1. The number of hydrogen-bond acceptors (Lipinski definition) is 4. The van der Waals surface area contributed by atoms with Gasteiger partial charge in [-0.25, -0.2) is 0 Å². The largest absolute Gasteiger partial charge is 0.497 e. The van der Waals surface area contributed by atoms with Crippen LogP contribution in [0.2, 0.25) is 0 Å². The van der Waals surface area contributed by atoms with Crippen LogP contribution in [0.5, 0.6) is 11.5 Å². The Morgan fingerprint density at radius 2 is 1.85 bits per heavy atom. The normalized spacial score (nSPS) is 10.6. The van der Waals surface area contributed by atoms with Crippen molar-refractivity contribution in [2.24, 2.45) is 0 Å². The molecule has 0 spiro atoms. The van der Waals surface area contributed by atoms with Crippen molar-refractivity contribution in [2.45, 2.75) is 25.7 Å². The van der Waals surface area contributed by atoms with E-state index in [2.05, 4.69) is 18.2 Å². The third-order valence-electron chi connectivity index (χ3n) is 4.45. The van der Waals surface area contributed by atoms with E-state index >= 15 is 0 Å². The lowest BCUT2D eigenvalue weighted by Gasteiger charge is -2.11. The molecule has 3 nitrogen and oxygen atoms in total. The summed E-state index contributed by atoms with van der Waals surface area (Å²) >= 11 is 1.65. The zero-order valence-corrected chi connectivity index (χ0v) is 16.3. The Morgan fingerprint density at radius 1 is 1.00 bits per heavy atom. The third kappa shape index (κ3) is 5.44. The molecule has 3 aromatic rings. The van der Waals surface area contributed by atoms with Crippen molar-refractivity contribution in [3.63, 3.8) is 0 Å². The number of aryl methyl sites for hydroxylation is 1. The lowest BCUT2D eigenvalue weighted by molar-refractivity contribution is 0.112. The number of ether oxygens (including phenoxy) is 2. The summed E-state index contributed by atoms with van der Waals surface area (Å²) in [4.78, 5) is 12.2. The van der Waals surface area contributed by atoms with Crippen molar-refractivity contribution in [3.05, 3.63) is 71.1 Å². The monoisotopic (exact) mass is 380 g/mol. The smallest absolute Gasteiger partial charge is 0.150 e. The molecule has 2 aromatic carbocycles. The lowest BCUT2D eigenvalue weighted by atomic mass is 10.1. The molecular formula is C23H24O3S. The fraction of sp³-hybridized carbons (Fsp3) is 0.261. The predicted molar refractivity (Wildman–Crippen MR) is 111 cm³/mol. The first kappa shape index (κ1) is 19.2. The van der Waals surface area contributed by atoms with Crippen molar-refractivity contribution in [1.82, 2.24) is 0 Å². The van der Waals surface area contributed by atoms with Gasteiger partial charge < -0.3 is 9.47 Å². The Hall–Kier alpha value is -2.59. The highest BCUT2D eigenvalue weighted by molar-refractivity contribution is 7.13. The van der Waals surface area contributed by atoms with Crippen molar-refractivity contribution >= 4 is 17.6 Å². The molecule has 0 atom stereocenters. The van der Waals surface area contributed by atoms with Crippen LogP contribution in [0.25, 0.3) is 10.4 Å². The van der Waals surface area contributed by atoms with E-state index in [1.165, 1.54) is 5.56 Å². The fourth-order valence-corrected chi connectivity index (χ4v) is 3.70. The van der Waals surface area contributed by atoms with Crippen molar-refractivity contribution in [3.8, 4) is 21.9 Å².